The molecule has 1 aliphatic heterocycles. The van der Waals surface area contributed by atoms with Crippen LogP contribution >= 0.6 is 15.9 Å². The predicted molar refractivity (Wildman–Crippen MR) is 106 cm³/mol. The van der Waals surface area contributed by atoms with Gasteiger partial charge in [0.1, 0.15) is 5.75 Å². The Kier molecular flexibility index (Phi) is 6.33. The quantitative estimate of drug-likeness (QED) is 0.775. The van der Waals surface area contributed by atoms with Gasteiger partial charge in [0, 0.05) is 24.2 Å². The number of carbonyl (C=O) groups is 1. The van der Waals surface area contributed by atoms with Crippen molar-refractivity contribution >= 4 is 21.8 Å². The van der Waals surface area contributed by atoms with Crippen molar-refractivity contribution in [1.82, 2.24) is 5.32 Å². The molecule has 0 saturated carbocycles. The van der Waals surface area contributed by atoms with Crippen molar-refractivity contribution in [3.8, 4) is 5.75 Å². The van der Waals surface area contributed by atoms with E-state index in [1.54, 1.807) is 7.11 Å². The molecule has 5 heteroatoms. The number of rotatable bonds is 6. The number of ether oxygens (including phenoxy) is 2. The molecule has 1 fully saturated rings. The van der Waals surface area contributed by atoms with E-state index in [2.05, 4.69) is 21.2 Å². The van der Waals surface area contributed by atoms with Gasteiger partial charge in [-0.2, -0.15) is 0 Å². The van der Waals surface area contributed by atoms with Crippen LogP contribution in [0.25, 0.3) is 0 Å². The molecule has 0 aliphatic carbocycles. The van der Waals surface area contributed by atoms with Crippen LogP contribution in [0.15, 0.2) is 53.0 Å². The zero-order chi connectivity index (χ0) is 18.4. The lowest BCUT2D eigenvalue weighted by Crippen LogP contribution is -2.48. The molecule has 2 aromatic carbocycles. The molecule has 0 aromatic heterocycles. The highest BCUT2D eigenvalue weighted by Crippen LogP contribution is 2.35. The zero-order valence-electron chi connectivity index (χ0n) is 15.0. The first-order valence-corrected chi connectivity index (χ1v) is 9.69. The van der Waals surface area contributed by atoms with Crippen molar-refractivity contribution in [2.24, 2.45) is 0 Å². The van der Waals surface area contributed by atoms with Crippen molar-refractivity contribution in [3.63, 3.8) is 0 Å². The minimum absolute atomic E-state index is 0.0815. The summed E-state index contributed by atoms with van der Waals surface area (Å²) in [7, 11) is 1.67. The largest absolute Gasteiger partial charge is 0.496 e. The van der Waals surface area contributed by atoms with Crippen LogP contribution in [0, 0.1) is 0 Å². The van der Waals surface area contributed by atoms with Crippen LogP contribution in [-0.2, 0) is 21.4 Å². The number of para-hydroxylation sites is 1. The Hall–Kier alpha value is -1.85. The Balaban J connectivity index is 1.71. The second kappa shape index (κ2) is 8.69. The summed E-state index contributed by atoms with van der Waals surface area (Å²) in [6.07, 6.45) is 2.15. The first-order chi connectivity index (χ1) is 12.7. The van der Waals surface area contributed by atoms with Gasteiger partial charge in [0.15, 0.2) is 0 Å². The number of carbonyl (C=O) groups excluding carboxylic acids is 1. The average molecular weight is 418 g/mol. The van der Waals surface area contributed by atoms with Gasteiger partial charge in [0.2, 0.25) is 5.91 Å². The minimum atomic E-state index is -0.514. The molecule has 138 valence electrons. The van der Waals surface area contributed by atoms with E-state index in [4.69, 9.17) is 9.47 Å². The number of hydrogen-bond donors (Lipinski definition) is 1. The molecule has 0 unspecified atom stereocenters. The van der Waals surface area contributed by atoms with E-state index >= 15 is 0 Å². The summed E-state index contributed by atoms with van der Waals surface area (Å²) in [6.45, 7) is 1.80. The van der Waals surface area contributed by atoms with Crippen molar-refractivity contribution in [1.29, 1.82) is 0 Å². The third-order valence-electron chi connectivity index (χ3n) is 5.05. The zero-order valence-corrected chi connectivity index (χ0v) is 16.6. The first-order valence-electron chi connectivity index (χ1n) is 8.90. The molecule has 0 bridgehead atoms. The van der Waals surface area contributed by atoms with Crippen LogP contribution in [-0.4, -0.2) is 32.8 Å². The Labute approximate surface area is 163 Å². The van der Waals surface area contributed by atoms with Crippen molar-refractivity contribution in [3.05, 3.63) is 64.1 Å². The maximum absolute atomic E-state index is 13.1. The Morgan fingerprint density at radius 1 is 1.15 bits per heavy atom. The van der Waals surface area contributed by atoms with E-state index in [1.807, 2.05) is 48.5 Å². The van der Waals surface area contributed by atoms with Crippen molar-refractivity contribution < 1.29 is 14.3 Å². The molecule has 1 aliphatic rings. The summed E-state index contributed by atoms with van der Waals surface area (Å²) in [4.78, 5) is 13.1. The lowest BCUT2D eigenvalue weighted by atomic mass is 9.73. The third kappa shape index (κ3) is 4.10. The van der Waals surface area contributed by atoms with Gasteiger partial charge in [0.05, 0.1) is 12.5 Å². The van der Waals surface area contributed by atoms with Gasteiger partial charge in [-0.05, 0) is 48.6 Å². The van der Waals surface area contributed by atoms with Gasteiger partial charge in [-0.25, -0.2) is 0 Å². The van der Waals surface area contributed by atoms with Gasteiger partial charge in [-0.3, -0.25) is 4.79 Å². The molecule has 3 rings (SSSR count). The SMILES string of the molecule is COc1ccccc1CCNC(=O)C1(c2ccc(Br)cc2)CCOCC1. The van der Waals surface area contributed by atoms with Gasteiger partial charge in [-0.15, -0.1) is 0 Å². The van der Waals surface area contributed by atoms with Crippen LogP contribution in [0.2, 0.25) is 0 Å². The fourth-order valence-electron chi connectivity index (χ4n) is 3.53. The number of benzene rings is 2. The highest BCUT2D eigenvalue weighted by Gasteiger charge is 2.41. The van der Waals surface area contributed by atoms with Gasteiger partial charge in [-0.1, -0.05) is 46.3 Å². The fourth-order valence-corrected chi connectivity index (χ4v) is 3.79. The molecule has 0 radical (unpaired) electrons. The molecule has 1 heterocycles. The van der Waals surface area contributed by atoms with Crippen LogP contribution in [0.3, 0.4) is 0 Å². The molecule has 2 aromatic rings. The highest BCUT2D eigenvalue weighted by molar-refractivity contribution is 9.10. The molecule has 1 amide bonds. The monoisotopic (exact) mass is 417 g/mol. The Bertz CT molecular complexity index is 739. The predicted octanol–water partition coefficient (Wildman–Crippen LogP) is 3.86. The Morgan fingerprint density at radius 2 is 1.85 bits per heavy atom. The van der Waals surface area contributed by atoms with E-state index < -0.39 is 5.41 Å². The maximum Gasteiger partial charge on any atom is 0.230 e. The lowest BCUT2D eigenvalue weighted by Gasteiger charge is -2.36. The highest BCUT2D eigenvalue weighted by atomic mass is 79.9. The van der Waals surface area contributed by atoms with Gasteiger partial charge >= 0.3 is 0 Å². The van der Waals surface area contributed by atoms with E-state index in [9.17, 15) is 4.79 Å². The molecule has 0 atom stereocenters. The Morgan fingerprint density at radius 3 is 2.54 bits per heavy atom. The number of amides is 1. The van der Waals surface area contributed by atoms with Crippen LogP contribution in [0.1, 0.15) is 24.0 Å². The van der Waals surface area contributed by atoms with Gasteiger partial charge < -0.3 is 14.8 Å². The molecule has 1 saturated heterocycles. The average Bonchev–Trinajstić information content (AvgIpc) is 2.69. The second-order valence-electron chi connectivity index (χ2n) is 6.52. The number of nitrogens with one attached hydrogen (secondary N) is 1. The minimum Gasteiger partial charge on any atom is -0.496 e. The number of halogens is 1. The second-order valence-corrected chi connectivity index (χ2v) is 7.43. The van der Waals surface area contributed by atoms with Crippen molar-refractivity contribution in [2.45, 2.75) is 24.7 Å². The molecule has 0 spiro atoms. The molecular weight excluding hydrogens is 394 g/mol. The first kappa shape index (κ1) is 18.9. The topological polar surface area (TPSA) is 47.6 Å². The number of hydrogen-bond acceptors (Lipinski definition) is 3. The molecular formula is C21H24BrNO3. The number of methoxy groups -OCH3 is 1. The summed E-state index contributed by atoms with van der Waals surface area (Å²) in [5.41, 5.74) is 1.64. The van der Waals surface area contributed by atoms with Crippen LogP contribution < -0.4 is 10.1 Å². The fraction of sp³-hybridized carbons (Fsp3) is 0.381. The lowest BCUT2D eigenvalue weighted by molar-refractivity contribution is -0.130. The van der Waals surface area contributed by atoms with E-state index in [0.717, 1.165) is 27.8 Å². The smallest absolute Gasteiger partial charge is 0.230 e. The summed E-state index contributed by atoms with van der Waals surface area (Å²) < 4.78 is 11.9. The van der Waals surface area contributed by atoms with Crippen LogP contribution in [0.4, 0.5) is 0 Å². The third-order valence-corrected chi connectivity index (χ3v) is 5.58. The summed E-state index contributed by atoms with van der Waals surface area (Å²) in [5.74, 6) is 0.938. The van der Waals surface area contributed by atoms with E-state index in [-0.39, 0.29) is 5.91 Å². The van der Waals surface area contributed by atoms with Crippen LogP contribution in [0.5, 0.6) is 5.75 Å². The van der Waals surface area contributed by atoms with Crippen molar-refractivity contribution in [2.75, 3.05) is 26.9 Å². The molecule has 1 N–H and O–H groups in total. The van der Waals surface area contributed by atoms with Gasteiger partial charge in [0.25, 0.3) is 0 Å². The summed E-state index contributed by atoms with van der Waals surface area (Å²) >= 11 is 3.47. The molecule has 26 heavy (non-hydrogen) atoms. The van der Waals surface area contributed by atoms with E-state index in [1.165, 1.54) is 0 Å². The van der Waals surface area contributed by atoms with E-state index in [0.29, 0.717) is 32.6 Å². The standard InChI is InChI=1S/C21H24BrNO3/c1-25-19-5-3-2-4-16(19)10-13-23-20(24)21(11-14-26-15-12-21)17-6-8-18(22)9-7-17/h2-9H,10-15H2,1H3,(H,23,24). The normalized spacial score (nSPS) is 16.1. The summed E-state index contributed by atoms with van der Waals surface area (Å²) in [5, 5.41) is 3.14. The maximum atomic E-state index is 13.1. The summed E-state index contributed by atoms with van der Waals surface area (Å²) in [6, 6.07) is 16.0. The molecule has 4 nitrogen and oxygen atoms in total.